The molecule has 2 aromatic carbocycles. The highest BCUT2D eigenvalue weighted by Gasteiger charge is 2.35. The van der Waals surface area contributed by atoms with Crippen molar-refractivity contribution in [3.63, 3.8) is 0 Å². The molecule has 1 atom stereocenters. The maximum Gasteiger partial charge on any atom is 0.258 e. The van der Waals surface area contributed by atoms with Gasteiger partial charge in [-0.15, -0.1) is 0 Å². The molecule has 37 heavy (non-hydrogen) atoms. The van der Waals surface area contributed by atoms with Crippen molar-refractivity contribution in [1.82, 2.24) is 25.0 Å². The van der Waals surface area contributed by atoms with Crippen LogP contribution in [0.2, 0.25) is 0 Å². The average Bonchev–Trinajstić information content (AvgIpc) is 3.61. The monoisotopic (exact) mass is 495 g/mol. The first-order chi connectivity index (χ1) is 18.2. The topological polar surface area (TPSA) is 89.4 Å². The minimum Gasteiger partial charge on any atom is -0.493 e. The van der Waals surface area contributed by atoms with Crippen molar-refractivity contribution < 1.29 is 14.3 Å². The number of ether oxygens (including phenoxy) is 1. The van der Waals surface area contributed by atoms with Crippen LogP contribution in [0.15, 0.2) is 85.3 Å². The number of hydrogen-bond acceptors (Lipinski definition) is 5. The number of aromatic nitrogens is 3. The highest BCUT2D eigenvalue weighted by molar-refractivity contribution is 6.00. The maximum atomic E-state index is 13.4. The lowest BCUT2D eigenvalue weighted by Gasteiger charge is -2.25. The van der Waals surface area contributed by atoms with Crippen molar-refractivity contribution in [2.45, 2.75) is 32.4 Å². The van der Waals surface area contributed by atoms with Gasteiger partial charge in [-0.3, -0.25) is 14.6 Å². The summed E-state index contributed by atoms with van der Waals surface area (Å²) in [7, 11) is 0. The van der Waals surface area contributed by atoms with Gasteiger partial charge in [0.25, 0.3) is 5.91 Å². The first-order valence-corrected chi connectivity index (χ1v) is 12.5. The van der Waals surface area contributed by atoms with E-state index in [4.69, 9.17) is 9.84 Å². The van der Waals surface area contributed by atoms with Crippen molar-refractivity contribution in [1.29, 1.82) is 0 Å². The fourth-order valence-corrected chi connectivity index (χ4v) is 4.67. The second-order valence-electron chi connectivity index (χ2n) is 8.82. The van der Waals surface area contributed by atoms with Crippen LogP contribution >= 0.6 is 0 Å². The van der Waals surface area contributed by atoms with Crippen LogP contribution in [0, 0.1) is 0 Å². The Morgan fingerprint density at radius 1 is 1.03 bits per heavy atom. The van der Waals surface area contributed by atoms with Gasteiger partial charge in [-0.2, -0.15) is 5.10 Å². The molecule has 0 bridgehead atoms. The number of likely N-dealkylation sites (tertiary alicyclic amines) is 1. The van der Waals surface area contributed by atoms with Crippen LogP contribution in [0.4, 0.5) is 0 Å². The van der Waals surface area contributed by atoms with Crippen LogP contribution in [-0.4, -0.2) is 50.7 Å². The molecule has 5 rings (SSSR count). The van der Waals surface area contributed by atoms with Crippen molar-refractivity contribution in [3.8, 4) is 22.7 Å². The van der Waals surface area contributed by atoms with Crippen molar-refractivity contribution >= 4 is 11.8 Å². The molecule has 0 aliphatic carbocycles. The van der Waals surface area contributed by atoms with Gasteiger partial charge in [-0.05, 0) is 56.2 Å². The number of benzene rings is 2. The number of para-hydroxylation sites is 2. The number of carbonyl (C=O) groups is 2. The first kappa shape index (κ1) is 24.2. The van der Waals surface area contributed by atoms with E-state index in [0.29, 0.717) is 30.9 Å². The van der Waals surface area contributed by atoms with Crippen LogP contribution in [0.25, 0.3) is 16.9 Å². The largest absolute Gasteiger partial charge is 0.493 e. The number of amides is 2. The molecule has 4 aromatic rings. The van der Waals surface area contributed by atoms with Gasteiger partial charge in [-0.25, -0.2) is 4.68 Å². The molecule has 2 aromatic heterocycles. The minimum atomic E-state index is -0.532. The molecule has 1 aliphatic rings. The predicted octanol–water partition coefficient (Wildman–Crippen LogP) is 4.25. The normalized spacial score (nSPS) is 14.9. The standard InChI is InChI=1S/C29H29N5O3/c1-2-37-26-13-7-6-11-24(26)29(36)33-18-8-12-25(33)28(35)31-19-22-20-34(23-9-4-3-5-10-23)32-27(22)21-14-16-30-17-15-21/h3-7,9-11,13-17,20,25H,2,8,12,18-19H2,1H3,(H,31,35). The Hall–Kier alpha value is -4.46. The van der Waals surface area contributed by atoms with Gasteiger partial charge in [-0.1, -0.05) is 30.3 Å². The number of carbonyl (C=O) groups excluding carboxylic acids is 2. The number of nitrogens with one attached hydrogen (secondary N) is 1. The van der Waals surface area contributed by atoms with Crippen LogP contribution in [0.3, 0.4) is 0 Å². The number of rotatable bonds is 8. The molecule has 8 nitrogen and oxygen atoms in total. The van der Waals surface area contributed by atoms with Gasteiger partial charge >= 0.3 is 0 Å². The molecule has 2 amide bonds. The second-order valence-corrected chi connectivity index (χ2v) is 8.82. The van der Waals surface area contributed by atoms with Gasteiger partial charge in [0, 0.05) is 42.8 Å². The van der Waals surface area contributed by atoms with E-state index in [1.54, 1.807) is 29.4 Å². The van der Waals surface area contributed by atoms with E-state index in [1.807, 2.05) is 72.4 Å². The van der Waals surface area contributed by atoms with Gasteiger partial charge < -0.3 is 15.0 Å². The Morgan fingerprint density at radius 2 is 1.78 bits per heavy atom. The molecule has 1 aliphatic heterocycles. The highest BCUT2D eigenvalue weighted by atomic mass is 16.5. The summed E-state index contributed by atoms with van der Waals surface area (Å²) in [5, 5.41) is 7.85. The van der Waals surface area contributed by atoms with Gasteiger partial charge in [0.1, 0.15) is 11.8 Å². The van der Waals surface area contributed by atoms with Gasteiger partial charge in [0.2, 0.25) is 5.91 Å². The van der Waals surface area contributed by atoms with Crippen LogP contribution in [0.5, 0.6) is 5.75 Å². The summed E-state index contributed by atoms with van der Waals surface area (Å²) in [5.41, 5.74) is 3.97. The summed E-state index contributed by atoms with van der Waals surface area (Å²) < 4.78 is 7.46. The Bertz CT molecular complexity index is 1370. The lowest BCUT2D eigenvalue weighted by Crippen LogP contribution is -2.45. The number of hydrogen-bond donors (Lipinski definition) is 1. The zero-order valence-corrected chi connectivity index (χ0v) is 20.7. The predicted molar refractivity (Wildman–Crippen MR) is 140 cm³/mol. The molecule has 1 N–H and O–H groups in total. The summed E-state index contributed by atoms with van der Waals surface area (Å²) in [6.45, 7) is 3.17. The summed E-state index contributed by atoms with van der Waals surface area (Å²) in [4.78, 5) is 32.5. The molecule has 0 radical (unpaired) electrons. The fourth-order valence-electron chi connectivity index (χ4n) is 4.67. The van der Waals surface area contributed by atoms with E-state index in [-0.39, 0.29) is 18.4 Å². The van der Waals surface area contributed by atoms with E-state index in [1.165, 1.54) is 0 Å². The molecule has 8 heteroatoms. The van der Waals surface area contributed by atoms with Gasteiger partial charge in [0.15, 0.2) is 0 Å². The molecule has 1 saturated heterocycles. The summed E-state index contributed by atoms with van der Waals surface area (Å²) >= 11 is 0. The SMILES string of the molecule is CCOc1ccccc1C(=O)N1CCCC1C(=O)NCc1cn(-c2ccccc2)nc1-c1ccncc1. The highest BCUT2D eigenvalue weighted by Crippen LogP contribution is 2.27. The third kappa shape index (κ3) is 5.23. The average molecular weight is 496 g/mol. The zero-order chi connectivity index (χ0) is 25.6. The zero-order valence-electron chi connectivity index (χ0n) is 20.7. The summed E-state index contributed by atoms with van der Waals surface area (Å²) in [6, 6.07) is 20.3. The second kappa shape index (κ2) is 11.1. The quantitative estimate of drug-likeness (QED) is 0.395. The van der Waals surface area contributed by atoms with E-state index >= 15 is 0 Å². The van der Waals surface area contributed by atoms with E-state index in [0.717, 1.165) is 28.9 Å². The lowest BCUT2D eigenvalue weighted by atomic mass is 10.1. The number of nitrogens with zero attached hydrogens (tertiary/aromatic N) is 4. The Labute approximate surface area is 215 Å². The molecule has 1 unspecified atom stereocenters. The lowest BCUT2D eigenvalue weighted by molar-refractivity contribution is -0.125. The van der Waals surface area contributed by atoms with Crippen LogP contribution in [0.1, 0.15) is 35.7 Å². The maximum absolute atomic E-state index is 13.4. The summed E-state index contributed by atoms with van der Waals surface area (Å²) in [5.74, 6) is 0.181. The third-order valence-electron chi connectivity index (χ3n) is 6.45. The van der Waals surface area contributed by atoms with Crippen molar-refractivity contribution in [2.24, 2.45) is 0 Å². The molecule has 0 saturated carbocycles. The molecular weight excluding hydrogens is 466 g/mol. The van der Waals surface area contributed by atoms with Crippen molar-refractivity contribution in [2.75, 3.05) is 13.2 Å². The molecule has 1 fully saturated rings. The van der Waals surface area contributed by atoms with E-state index in [2.05, 4.69) is 10.3 Å². The van der Waals surface area contributed by atoms with Gasteiger partial charge in [0.05, 0.1) is 23.6 Å². The Kier molecular flexibility index (Phi) is 7.26. The Morgan fingerprint density at radius 3 is 2.57 bits per heavy atom. The number of pyridine rings is 1. The third-order valence-corrected chi connectivity index (χ3v) is 6.45. The molecule has 3 heterocycles. The first-order valence-electron chi connectivity index (χ1n) is 12.5. The van der Waals surface area contributed by atoms with E-state index in [9.17, 15) is 9.59 Å². The molecular formula is C29H29N5O3. The van der Waals surface area contributed by atoms with E-state index < -0.39 is 6.04 Å². The molecule has 188 valence electrons. The van der Waals surface area contributed by atoms with Crippen LogP contribution < -0.4 is 10.1 Å². The van der Waals surface area contributed by atoms with Crippen molar-refractivity contribution in [3.05, 3.63) is 96.4 Å². The smallest absolute Gasteiger partial charge is 0.258 e. The molecule has 0 spiro atoms. The van der Waals surface area contributed by atoms with Crippen LogP contribution in [-0.2, 0) is 11.3 Å². The fraction of sp³-hybridized carbons (Fsp3) is 0.241. The minimum absolute atomic E-state index is 0.173. The summed E-state index contributed by atoms with van der Waals surface area (Å²) in [6.07, 6.45) is 6.77. The Balaban J connectivity index is 1.35.